The minimum Gasteiger partial charge on any atom is -0.336 e. The van der Waals surface area contributed by atoms with Gasteiger partial charge in [-0.15, -0.1) is 5.10 Å². The summed E-state index contributed by atoms with van der Waals surface area (Å²) in [5.74, 6) is 2.01. The largest absolute Gasteiger partial charge is 0.336 e. The van der Waals surface area contributed by atoms with E-state index in [1.807, 2.05) is 78.8 Å². The molecule has 1 aliphatic rings. The lowest BCUT2D eigenvalue weighted by Gasteiger charge is -2.35. The summed E-state index contributed by atoms with van der Waals surface area (Å²) in [4.78, 5) is 22.4. The normalized spacial score (nSPS) is 13.9. The van der Waals surface area contributed by atoms with Crippen LogP contribution in [0.25, 0.3) is 16.6 Å². The van der Waals surface area contributed by atoms with Crippen molar-refractivity contribution in [2.45, 2.75) is 20.8 Å². The first kappa shape index (κ1) is 22.8. The van der Waals surface area contributed by atoms with E-state index in [0.29, 0.717) is 49.3 Å². The lowest BCUT2D eigenvalue weighted by atomic mass is 9.97. The van der Waals surface area contributed by atoms with E-state index < -0.39 is 0 Å². The van der Waals surface area contributed by atoms with Gasteiger partial charge in [0.05, 0.1) is 5.69 Å². The number of hydrogen-bond acceptors (Lipinski definition) is 7. The van der Waals surface area contributed by atoms with Crippen LogP contribution in [0.5, 0.6) is 0 Å². The lowest BCUT2D eigenvalue weighted by Crippen LogP contribution is -2.49. The number of aromatic amines is 2. The Balaban J connectivity index is 1.22. The Labute approximate surface area is 213 Å². The molecular weight excluding hydrogens is 468 g/mol. The van der Waals surface area contributed by atoms with Crippen molar-refractivity contribution in [3.05, 3.63) is 71.3 Å². The van der Waals surface area contributed by atoms with Crippen molar-refractivity contribution in [2.75, 3.05) is 36.4 Å². The molecule has 11 nitrogen and oxygen atoms in total. The molecule has 0 atom stereocenters. The number of nitrogens with one attached hydrogen (secondary N) is 3. The van der Waals surface area contributed by atoms with Crippen molar-refractivity contribution in [3.63, 3.8) is 0 Å². The average Bonchev–Trinajstić information content (AvgIpc) is 3.64. The lowest BCUT2D eigenvalue weighted by molar-refractivity contribution is 0.0747. The highest BCUT2D eigenvalue weighted by atomic mass is 16.2. The second-order valence-electron chi connectivity index (χ2n) is 9.29. The Morgan fingerprint density at radius 2 is 1.78 bits per heavy atom. The van der Waals surface area contributed by atoms with E-state index >= 15 is 0 Å². The summed E-state index contributed by atoms with van der Waals surface area (Å²) in [6, 6.07) is 13.6. The highest BCUT2D eigenvalue weighted by Crippen LogP contribution is 2.30. The van der Waals surface area contributed by atoms with Crippen molar-refractivity contribution in [1.29, 1.82) is 0 Å². The van der Waals surface area contributed by atoms with E-state index in [1.165, 1.54) is 0 Å². The van der Waals surface area contributed by atoms with E-state index in [2.05, 4.69) is 30.6 Å². The van der Waals surface area contributed by atoms with Crippen LogP contribution in [-0.2, 0) is 0 Å². The first-order valence-corrected chi connectivity index (χ1v) is 12.3. The Morgan fingerprint density at radius 1 is 0.973 bits per heavy atom. The van der Waals surface area contributed by atoms with Gasteiger partial charge in [-0.25, -0.2) is 4.52 Å². The molecule has 0 spiro atoms. The molecular formula is C26H28N10O. The van der Waals surface area contributed by atoms with Crippen LogP contribution in [0.2, 0.25) is 0 Å². The summed E-state index contributed by atoms with van der Waals surface area (Å²) in [5.41, 5.74) is 6.24. The van der Waals surface area contributed by atoms with Gasteiger partial charge in [0.25, 0.3) is 5.91 Å². The van der Waals surface area contributed by atoms with Gasteiger partial charge >= 0.3 is 0 Å². The van der Waals surface area contributed by atoms with Gasteiger partial charge in [0.15, 0.2) is 11.6 Å². The number of aryl methyl sites for hydroxylation is 3. The molecule has 1 fully saturated rings. The highest BCUT2D eigenvalue weighted by molar-refractivity contribution is 6.01. The number of aromatic nitrogens is 7. The van der Waals surface area contributed by atoms with Crippen molar-refractivity contribution in [3.8, 4) is 11.1 Å². The molecule has 11 heteroatoms. The Bertz CT molecular complexity index is 1570. The number of nitrogens with zero attached hydrogens (tertiary/aromatic N) is 7. The fourth-order valence-electron chi connectivity index (χ4n) is 4.87. The van der Waals surface area contributed by atoms with E-state index in [-0.39, 0.29) is 5.91 Å². The molecule has 0 saturated carbocycles. The molecule has 3 N–H and O–H groups in total. The second-order valence-corrected chi connectivity index (χ2v) is 9.29. The maximum Gasteiger partial charge on any atom is 0.254 e. The third kappa shape index (κ3) is 4.18. The van der Waals surface area contributed by atoms with Crippen LogP contribution in [-0.4, -0.2) is 72.0 Å². The maximum atomic E-state index is 13.6. The van der Waals surface area contributed by atoms with Gasteiger partial charge < -0.3 is 15.1 Å². The minimum atomic E-state index is 0.0216. The van der Waals surface area contributed by atoms with Gasteiger partial charge in [-0.1, -0.05) is 18.2 Å². The van der Waals surface area contributed by atoms with Crippen LogP contribution in [0.3, 0.4) is 0 Å². The molecule has 1 aliphatic heterocycles. The molecule has 37 heavy (non-hydrogen) atoms. The molecule has 0 unspecified atom stereocenters. The molecule has 188 valence electrons. The van der Waals surface area contributed by atoms with Gasteiger partial charge in [0, 0.05) is 61.0 Å². The molecule has 6 rings (SSSR count). The van der Waals surface area contributed by atoms with Crippen LogP contribution in [0, 0.1) is 20.8 Å². The van der Waals surface area contributed by atoms with Gasteiger partial charge in [0.1, 0.15) is 5.52 Å². The number of rotatable bonds is 5. The number of carbonyl (C=O) groups is 1. The molecule has 1 aromatic carbocycles. The Hall–Kier alpha value is -4.67. The number of fused-ring (bicyclic) bond motifs is 1. The first-order valence-electron chi connectivity index (χ1n) is 12.3. The Kier molecular flexibility index (Phi) is 5.59. The fourth-order valence-corrected chi connectivity index (χ4v) is 4.87. The van der Waals surface area contributed by atoms with Crippen LogP contribution in [0.1, 0.15) is 27.4 Å². The maximum absolute atomic E-state index is 13.6. The average molecular weight is 497 g/mol. The summed E-state index contributed by atoms with van der Waals surface area (Å²) < 4.78 is 1.81. The number of anilines is 3. The summed E-state index contributed by atoms with van der Waals surface area (Å²) >= 11 is 0. The predicted octanol–water partition coefficient (Wildman–Crippen LogP) is 3.47. The monoisotopic (exact) mass is 496 g/mol. The van der Waals surface area contributed by atoms with Crippen LogP contribution in [0.15, 0.2) is 48.7 Å². The van der Waals surface area contributed by atoms with Crippen molar-refractivity contribution >= 4 is 29.0 Å². The first-order chi connectivity index (χ1) is 18.0. The van der Waals surface area contributed by atoms with Crippen molar-refractivity contribution in [2.24, 2.45) is 0 Å². The minimum absolute atomic E-state index is 0.0216. The molecule has 1 saturated heterocycles. The smallest absolute Gasteiger partial charge is 0.254 e. The molecule has 0 radical (unpaired) electrons. The number of amides is 1. The molecule has 5 aromatic rings. The van der Waals surface area contributed by atoms with Crippen LogP contribution in [0.4, 0.5) is 17.6 Å². The van der Waals surface area contributed by atoms with Gasteiger partial charge in [-0.3, -0.25) is 15.0 Å². The van der Waals surface area contributed by atoms with Gasteiger partial charge in [-0.2, -0.15) is 15.2 Å². The molecule has 0 aliphatic carbocycles. The summed E-state index contributed by atoms with van der Waals surface area (Å²) in [7, 11) is 0. The third-order valence-corrected chi connectivity index (χ3v) is 6.74. The van der Waals surface area contributed by atoms with Crippen LogP contribution < -0.4 is 10.2 Å². The number of H-pyrrole nitrogens is 2. The summed E-state index contributed by atoms with van der Waals surface area (Å²) in [6.45, 7) is 8.30. The van der Waals surface area contributed by atoms with Gasteiger partial charge in [-0.05, 0) is 44.5 Å². The van der Waals surface area contributed by atoms with E-state index in [0.717, 1.165) is 33.7 Å². The highest BCUT2D eigenvalue weighted by Gasteiger charge is 2.27. The number of benzene rings is 1. The molecule has 4 aromatic heterocycles. The Morgan fingerprint density at radius 3 is 2.51 bits per heavy atom. The van der Waals surface area contributed by atoms with Crippen LogP contribution >= 0.6 is 0 Å². The van der Waals surface area contributed by atoms with E-state index in [9.17, 15) is 4.79 Å². The third-order valence-electron chi connectivity index (χ3n) is 6.74. The zero-order valence-electron chi connectivity index (χ0n) is 21.0. The van der Waals surface area contributed by atoms with Gasteiger partial charge in [0.2, 0.25) is 5.95 Å². The van der Waals surface area contributed by atoms with E-state index in [4.69, 9.17) is 10.1 Å². The number of carbonyl (C=O) groups excluding carboxylic acids is 1. The molecule has 5 heterocycles. The quantitative estimate of drug-likeness (QED) is 0.340. The molecule has 0 bridgehead atoms. The zero-order valence-corrected chi connectivity index (χ0v) is 21.0. The second kappa shape index (κ2) is 9.08. The topological polar surface area (TPSA) is 123 Å². The standard InChI is InChI=1S/C26H28N10O/c1-16-15-22(32-29-16)27-24-21-9-6-10-36(21)33-26(28-24)35-13-11-34(12-14-35)25(37)20-8-5-4-7-19(20)23-17(2)30-31-18(23)3/h4-10,15H,11-14H2,1-3H3,(H,30,31)(H2,27,28,29,32,33). The van der Waals surface area contributed by atoms with Crippen molar-refractivity contribution in [1.82, 2.24) is 39.9 Å². The fraction of sp³-hybridized carbons (Fsp3) is 0.269. The summed E-state index contributed by atoms with van der Waals surface area (Å²) in [6.07, 6.45) is 1.90. The number of hydrogen-bond donors (Lipinski definition) is 3. The zero-order chi connectivity index (χ0) is 25.5. The molecule has 1 amide bonds. The summed E-state index contributed by atoms with van der Waals surface area (Å²) in [5, 5.41) is 22.6. The van der Waals surface area contributed by atoms with E-state index in [1.54, 1.807) is 0 Å². The number of piperazine rings is 1. The predicted molar refractivity (Wildman–Crippen MR) is 141 cm³/mol. The van der Waals surface area contributed by atoms with Crippen molar-refractivity contribution < 1.29 is 4.79 Å². The SMILES string of the molecule is Cc1cc(Nc2nc(N3CCN(C(=O)c4ccccc4-c4c(C)n[nH]c4C)CC3)nn3cccc23)n[nH]1.